The number of nitrogens with two attached hydrogens (primary N) is 1. The first-order valence-electron chi connectivity index (χ1n) is 7.85. The molecule has 0 radical (unpaired) electrons. The monoisotopic (exact) mass is 292 g/mol. The number of rotatable bonds is 5. The Morgan fingerprint density at radius 3 is 2.85 bits per heavy atom. The lowest BCUT2D eigenvalue weighted by Crippen LogP contribution is -2.37. The second kappa shape index (κ2) is 7.37. The van der Waals surface area contributed by atoms with Crippen LogP contribution in [0.15, 0.2) is 18.2 Å². The SMILES string of the molecule is CCC(N)Cc1ccc(N2CCSC(CC)C2)cc1C. The van der Waals surface area contributed by atoms with Crippen LogP contribution in [0.1, 0.15) is 37.8 Å². The zero-order valence-electron chi connectivity index (χ0n) is 13.1. The summed E-state index contributed by atoms with van der Waals surface area (Å²) in [6.07, 6.45) is 3.31. The van der Waals surface area contributed by atoms with Gasteiger partial charge in [-0.15, -0.1) is 0 Å². The maximum Gasteiger partial charge on any atom is 0.0369 e. The molecule has 1 aromatic carbocycles. The van der Waals surface area contributed by atoms with Crippen molar-refractivity contribution in [3.63, 3.8) is 0 Å². The summed E-state index contributed by atoms with van der Waals surface area (Å²) in [4.78, 5) is 2.54. The van der Waals surface area contributed by atoms with Crippen LogP contribution >= 0.6 is 11.8 Å². The van der Waals surface area contributed by atoms with Crippen molar-refractivity contribution in [1.82, 2.24) is 0 Å². The van der Waals surface area contributed by atoms with Crippen LogP contribution in [0.25, 0.3) is 0 Å². The molecule has 112 valence electrons. The first-order chi connectivity index (χ1) is 9.63. The zero-order valence-corrected chi connectivity index (χ0v) is 13.9. The van der Waals surface area contributed by atoms with Crippen molar-refractivity contribution < 1.29 is 0 Å². The molecule has 0 saturated carbocycles. The van der Waals surface area contributed by atoms with Crippen molar-refractivity contribution in [3.8, 4) is 0 Å². The van der Waals surface area contributed by atoms with E-state index in [1.54, 1.807) is 0 Å². The maximum absolute atomic E-state index is 6.08. The average Bonchev–Trinajstić information content (AvgIpc) is 2.49. The van der Waals surface area contributed by atoms with E-state index in [4.69, 9.17) is 5.73 Å². The van der Waals surface area contributed by atoms with Crippen LogP contribution in [0.3, 0.4) is 0 Å². The molecule has 2 N–H and O–H groups in total. The van der Waals surface area contributed by atoms with Crippen LogP contribution in [-0.2, 0) is 6.42 Å². The maximum atomic E-state index is 6.08. The Kier molecular flexibility index (Phi) is 5.79. The quantitative estimate of drug-likeness (QED) is 0.899. The van der Waals surface area contributed by atoms with Crippen LogP contribution in [-0.4, -0.2) is 30.1 Å². The number of aryl methyl sites for hydroxylation is 1. The van der Waals surface area contributed by atoms with E-state index in [2.05, 4.69) is 55.6 Å². The van der Waals surface area contributed by atoms with Gasteiger partial charge in [0.2, 0.25) is 0 Å². The Morgan fingerprint density at radius 2 is 2.20 bits per heavy atom. The van der Waals surface area contributed by atoms with E-state index in [1.807, 2.05) is 0 Å². The summed E-state index contributed by atoms with van der Waals surface area (Å²) in [7, 11) is 0. The van der Waals surface area contributed by atoms with E-state index in [0.717, 1.165) is 18.1 Å². The highest BCUT2D eigenvalue weighted by molar-refractivity contribution is 8.00. The second-order valence-electron chi connectivity index (χ2n) is 5.83. The molecular weight excluding hydrogens is 264 g/mol. The molecule has 0 amide bonds. The molecule has 3 heteroatoms. The third-order valence-electron chi connectivity index (χ3n) is 4.29. The van der Waals surface area contributed by atoms with Crippen molar-refractivity contribution in [3.05, 3.63) is 29.3 Å². The average molecular weight is 292 g/mol. The number of hydrogen-bond donors (Lipinski definition) is 1. The molecule has 2 nitrogen and oxygen atoms in total. The Morgan fingerprint density at radius 1 is 1.40 bits per heavy atom. The van der Waals surface area contributed by atoms with Gasteiger partial charge in [0.25, 0.3) is 0 Å². The van der Waals surface area contributed by atoms with Gasteiger partial charge >= 0.3 is 0 Å². The lowest BCUT2D eigenvalue weighted by atomic mass is 9.99. The van der Waals surface area contributed by atoms with Crippen molar-refractivity contribution in [2.24, 2.45) is 5.73 Å². The molecule has 1 saturated heterocycles. The minimum absolute atomic E-state index is 0.287. The van der Waals surface area contributed by atoms with E-state index in [1.165, 1.54) is 42.1 Å². The number of nitrogens with zero attached hydrogens (tertiary/aromatic N) is 1. The van der Waals surface area contributed by atoms with Gasteiger partial charge in [0.05, 0.1) is 0 Å². The molecule has 1 aromatic rings. The minimum atomic E-state index is 0.287. The normalized spacial score (nSPS) is 21.0. The van der Waals surface area contributed by atoms with Gasteiger partial charge in [-0.3, -0.25) is 0 Å². The summed E-state index contributed by atoms with van der Waals surface area (Å²) < 4.78 is 0. The Labute approximate surface area is 128 Å². The van der Waals surface area contributed by atoms with E-state index < -0.39 is 0 Å². The summed E-state index contributed by atoms with van der Waals surface area (Å²) in [5.41, 5.74) is 10.3. The van der Waals surface area contributed by atoms with Gasteiger partial charge < -0.3 is 10.6 Å². The Hall–Kier alpha value is -0.670. The lowest BCUT2D eigenvalue weighted by molar-refractivity contribution is 0.644. The van der Waals surface area contributed by atoms with Gasteiger partial charge in [0.15, 0.2) is 0 Å². The summed E-state index contributed by atoms with van der Waals surface area (Å²) >= 11 is 2.12. The largest absolute Gasteiger partial charge is 0.370 e. The second-order valence-corrected chi connectivity index (χ2v) is 7.24. The van der Waals surface area contributed by atoms with Gasteiger partial charge in [-0.25, -0.2) is 0 Å². The van der Waals surface area contributed by atoms with Gasteiger partial charge in [-0.05, 0) is 49.4 Å². The third-order valence-corrected chi connectivity index (χ3v) is 5.66. The highest BCUT2D eigenvalue weighted by atomic mass is 32.2. The molecule has 0 bridgehead atoms. The summed E-state index contributed by atoms with van der Waals surface area (Å²) in [6.45, 7) is 9.03. The predicted octanol–water partition coefficient (Wildman–Crippen LogP) is 3.61. The van der Waals surface area contributed by atoms with Crippen molar-refractivity contribution in [2.45, 2.75) is 51.3 Å². The third kappa shape index (κ3) is 3.92. The molecule has 0 aliphatic carbocycles. The topological polar surface area (TPSA) is 29.3 Å². The van der Waals surface area contributed by atoms with Crippen LogP contribution in [0.4, 0.5) is 5.69 Å². The zero-order chi connectivity index (χ0) is 14.5. The van der Waals surface area contributed by atoms with Crippen molar-refractivity contribution >= 4 is 17.4 Å². The summed E-state index contributed by atoms with van der Waals surface area (Å²) in [5.74, 6) is 1.25. The molecule has 1 heterocycles. The standard InChI is InChI=1S/C17H28N2S/c1-4-15(18)11-14-6-7-16(10-13(14)3)19-8-9-20-17(5-2)12-19/h6-7,10,15,17H,4-5,8-9,11-12,18H2,1-3H3. The predicted molar refractivity (Wildman–Crippen MR) is 91.9 cm³/mol. The van der Waals surface area contributed by atoms with E-state index in [-0.39, 0.29) is 6.04 Å². The highest BCUT2D eigenvalue weighted by Crippen LogP contribution is 2.27. The van der Waals surface area contributed by atoms with Gasteiger partial charge in [0, 0.05) is 35.8 Å². The molecule has 2 unspecified atom stereocenters. The minimum Gasteiger partial charge on any atom is -0.370 e. The number of benzene rings is 1. The van der Waals surface area contributed by atoms with Gasteiger partial charge in [-0.2, -0.15) is 11.8 Å². The summed E-state index contributed by atoms with van der Waals surface area (Å²) in [5, 5.41) is 0.789. The fourth-order valence-electron chi connectivity index (χ4n) is 2.73. The summed E-state index contributed by atoms with van der Waals surface area (Å²) in [6, 6.07) is 7.20. The Bertz CT molecular complexity index is 433. The fraction of sp³-hybridized carbons (Fsp3) is 0.647. The smallest absolute Gasteiger partial charge is 0.0369 e. The van der Waals surface area contributed by atoms with E-state index in [9.17, 15) is 0 Å². The number of thioether (sulfide) groups is 1. The number of hydrogen-bond acceptors (Lipinski definition) is 3. The molecular formula is C17H28N2S. The number of anilines is 1. The van der Waals surface area contributed by atoms with Crippen molar-refractivity contribution in [1.29, 1.82) is 0 Å². The van der Waals surface area contributed by atoms with Crippen LogP contribution in [0.2, 0.25) is 0 Å². The van der Waals surface area contributed by atoms with Gasteiger partial charge in [-0.1, -0.05) is 19.9 Å². The molecule has 1 aliphatic rings. The van der Waals surface area contributed by atoms with Crippen molar-refractivity contribution in [2.75, 3.05) is 23.7 Å². The van der Waals surface area contributed by atoms with E-state index >= 15 is 0 Å². The molecule has 2 rings (SSSR count). The molecule has 1 aliphatic heterocycles. The highest BCUT2D eigenvalue weighted by Gasteiger charge is 2.19. The molecule has 20 heavy (non-hydrogen) atoms. The Balaban J connectivity index is 2.08. The first-order valence-corrected chi connectivity index (χ1v) is 8.90. The molecule has 0 aromatic heterocycles. The van der Waals surface area contributed by atoms with Gasteiger partial charge in [0.1, 0.15) is 0 Å². The van der Waals surface area contributed by atoms with Crippen LogP contribution in [0, 0.1) is 6.92 Å². The fourth-order valence-corrected chi connectivity index (χ4v) is 3.91. The molecule has 0 spiro atoms. The molecule has 1 fully saturated rings. The molecule has 2 atom stereocenters. The van der Waals surface area contributed by atoms with Crippen LogP contribution in [0.5, 0.6) is 0 Å². The lowest BCUT2D eigenvalue weighted by Gasteiger charge is -2.34. The van der Waals surface area contributed by atoms with E-state index in [0.29, 0.717) is 0 Å². The van der Waals surface area contributed by atoms with Crippen LogP contribution < -0.4 is 10.6 Å². The first kappa shape index (κ1) is 15.7.